The Kier molecular flexibility index (Phi) is 8.24. The van der Waals surface area contributed by atoms with Gasteiger partial charge in [0.15, 0.2) is 5.96 Å². The summed E-state index contributed by atoms with van der Waals surface area (Å²) in [5.41, 5.74) is 2.44. The minimum atomic E-state index is -2.91. The van der Waals surface area contributed by atoms with Crippen LogP contribution in [0, 0.1) is 0 Å². The number of amides is 1. The molecular weight excluding hydrogens is 418 g/mol. The SMILES string of the molecule is CN=C(NCc1ccc(N2CCCCC2=O)cc1)NCc1cc(OC)ccc1OC(F)F. The number of guanidine groups is 1. The maximum absolute atomic E-state index is 12.7. The van der Waals surface area contributed by atoms with E-state index in [1.807, 2.05) is 29.2 Å². The smallest absolute Gasteiger partial charge is 0.387 e. The lowest BCUT2D eigenvalue weighted by Crippen LogP contribution is -2.36. The number of anilines is 1. The first-order valence-corrected chi connectivity index (χ1v) is 10.5. The molecule has 1 heterocycles. The van der Waals surface area contributed by atoms with Gasteiger partial charge in [-0.2, -0.15) is 8.78 Å². The molecule has 1 aliphatic rings. The number of hydrogen-bond acceptors (Lipinski definition) is 4. The van der Waals surface area contributed by atoms with E-state index < -0.39 is 6.61 Å². The van der Waals surface area contributed by atoms with Crippen molar-refractivity contribution in [3.8, 4) is 11.5 Å². The first-order chi connectivity index (χ1) is 15.5. The molecule has 1 saturated heterocycles. The lowest BCUT2D eigenvalue weighted by Gasteiger charge is -2.26. The van der Waals surface area contributed by atoms with Gasteiger partial charge in [0.25, 0.3) is 0 Å². The number of halogens is 2. The van der Waals surface area contributed by atoms with Gasteiger partial charge in [0.05, 0.1) is 7.11 Å². The van der Waals surface area contributed by atoms with E-state index in [0.717, 1.165) is 30.6 Å². The van der Waals surface area contributed by atoms with Gasteiger partial charge in [0.2, 0.25) is 5.91 Å². The van der Waals surface area contributed by atoms with Crippen LogP contribution in [0.2, 0.25) is 0 Å². The number of carbonyl (C=O) groups is 1. The molecule has 3 rings (SSSR count). The van der Waals surface area contributed by atoms with E-state index in [4.69, 9.17) is 4.74 Å². The molecule has 0 aromatic heterocycles. The summed E-state index contributed by atoms with van der Waals surface area (Å²) in [6.07, 6.45) is 2.58. The van der Waals surface area contributed by atoms with Crippen molar-refractivity contribution >= 4 is 17.6 Å². The van der Waals surface area contributed by atoms with Gasteiger partial charge in [0.1, 0.15) is 11.5 Å². The summed E-state index contributed by atoms with van der Waals surface area (Å²) in [6, 6.07) is 12.5. The van der Waals surface area contributed by atoms with Crippen LogP contribution in [0.25, 0.3) is 0 Å². The van der Waals surface area contributed by atoms with Gasteiger partial charge < -0.3 is 25.0 Å². The third-order valence-electron chi connectivity index (χ3n) is 5.18. The number of ether oxygens (including phenoxy) is 2. The molecule has 0 aliphatic carbocycles. The molecule has 1 fully saturated rings. The molecule has 0 unspecified atom stereocenters. The number of piperidine rings is 1. The van der Waals surface area contributed by atoms with E-state index >= 15 is 0 Å². The molecule has 0 bridgehead atoms. The number of aliphatic imine (C=N–C) groups is 1. The van der Waals surface area contributed by atoms with E-state index in [2.05, 4.69) is 20.4 Å². The molecule has 2 aromatic rings. The van der Waals surface area contributed by atoms with Crippen LogP contribution in [0.3, 0.4) is 0 Å². The topological polar surface area (TPSA) is 75.2 Å². The molecule has 2 N–H and O–H groups in total. The number of nitrogens with zero attached hydrogens (tertiary/aromatic N) is 2. The van der Waals surface area contributed by atoms with Gasteiger partial charge >= 0.3 is 6.61 Å². The average Bonchev–Trinajstić information content (AvgIpc) is 2.80. The summed E-state index contributed by atoms with van der Waals surface area (Å²) in [5.74, 6) is 1.29. The molecule has 172 valence electrons. The van der Waals surface area contributed by atoms with E-state index in [9.17, 15) is 13.6 Å². The zero-order valence-electron chi connectivity index (χ0n) is 18.2. The largest absolute Gasteiger partial charge is 0.497 e. The lowest BCUT2D eigenvalue weighted by molar-refractivity contribution is -0.119. The molecule has 32 heavy (non-hydrogen) atoms. The van der Waals surface area contributed by atoms with Crippen LogP contribution in [-0.2, 0) is 17.9 Å². The van der Waals surface area contributed by atoms with Gasteiger partial charge in [-0.25, -0.2) is 0 Å². The molecule has 1 amide bonds. The summed E-state index contributed by atoms with van der Waals surface area (Å²) in [5, 5.41) is 6.29. The molecule has 0 spiro atoms. The summed E-state index contributed by atoms with van der Waals surface area (Å²) in [4.78, 5) is 18.1. The summed E-state index contributed by atoms with van der Waals surface area (Å²) < 4.78 is 35.2. The highest BCUT2D eigenvalue weighted by atomic mass is 19.3. The monoisotopic (exact) mass is 446 g/mol. The van der Waals surface area contributed by atoms with Crippen molar-refractivity contribution in [2.75, 3.05) is 25.6 Å². The third-order valence-corrected chi connectivity index (χ3v) is 5.18. The Morgan fingerprint density at radius 1 is 1.12 bits per heavy atom. The second-order valence-corrected chi connectivity index (χ2v) is 7.30. The van der Waals surface area contributed by atoms with E-state index in [1.54, 1.807) is 19.2 Å². The number of alkyl halides is 2. The molecule has 7 nitrogen and oxygen atoms in total. The van der Waals surface area contributed by atoms with Crippen LogP contribution in [0.5, 0.6) is 11.5 Å². The first-order valence-electron chi connectivity index (χ1n) is 10.5. The molecule has 0 radical (unpaired) electrons. The number of rotatable bonds is 8. The highest BCUT2D eigenvalue weighted by molar-refractivity contribution is 5.93. The quantitative estimate of drug-likeness (QED) is 0.478. The van der Waals surface area contributed by atoms with Gasteiger partial charge in [-0.1, -0.05) is 12.1 Å². The van der Waals surface area contributed by atoms with Crippen molar-refractivity contribution in [2.24, 2.45) is 4.99 Å². The van der Waals surface area contributed by atoms with Crippen LogP contribution >= 0.6 is 0 Å². The predicted octanol–water partition coefficient (Wildman–Crippen LogP) is 3.68. The zero-order chi connectivity index (χ0) is 22.9. The standard InChI is InChI=1S/C23H28F2N4O3/c1-26-23(28-15-17-13-19(31-2)10-11-20(17)32-22(24)25)27-14-16-6-8-18(9-7-16)29-12-4-3-5-21(29)30/h6-11,13,22H,3-5,12,14-15H2,1-2H3,(H2,26,27,28). The van der Waals surface area contributed by atoms with E-state index in [0.29, 0.717) is 30.2 Å². The highest BCUT2D eigenvalue weighted by Gasteiger charge is 2.19. The fourth-order valence-corrected chi connectivity index (χ4v) is 3.49. The van der Waals surface area contributed by atoms with Crippen LogP contribution in [0.15, 0.2) is 47.5 Å². The molecule has 0 saturated carbocycles. The second kappa shape index (κ2) is 11.3. The van der Waals surface area contributed by atoms with Gasteiger partial charge in [-0.05, 0) is 48.7 Å². The number of carbonyl (C=O) groups excluding carboxylic acids is 1. The lowest BCUT2D eigenvalue weighted by atomic mass is 10.1. The first kappa shape index (κ1) is 23.3. The van der Waals surface area contributed by atoms with E-state index in [-0.39, 0.29) is 18.2 Å². The number of nitrogens with one attached hydrogen (secondary N) is 2. The molecular formula is C23H28F2N4O3. The summed E-state index contributed by atoms with van der Waals surface area (Å²) in [6.45, 7) is -1.43. The number of hydrogen-bond donors (Lipinski definition) is 2. The normalized spacial score (nSPS) is 14.5. The molecule has 9 heteroatoms. The van der Waals surface area contributed by atoms with Crippen molar-refractivity contribution in [1.82, 2.24) is 10.6 Å². The highest BCUT2D eigenvalue weighted by Crippen LogP contribution is 2.25. The van der Waals surface area contributed by atoms with Crippen molar-refractivity contribution in [3.63, 3.8) is 0 Å². The fourth-order valence-electron chi connectivity index (χ4n) is 3.49. The minimum Gasteiger partial charge on any atom is -0.497 e. The van der Waals surface area contributed by atoms with E-state index in [1.165, 1.54) is 13.2 Å². The molecule has 1 aliphatic heterocycles. The predicted molar refractivity (Wildman–Crippen MR) is 119 cm³/mol. The summed E-state index contributed by atoms with van der Waals surface area (Å²) in [7, 11) is 3.13. The Hall–Kier alpha value is -3.36. The zero-order valence-corrected chi connectivity index (χ0v) is 18.2. The Labute approximate surface area is 186 Å². The molecule has 2 aromatic carbocycles. The third kappa shape index (κ3) is 6.32. The fraction of sp³-hybridized carbons (Fsp3) is 0.391. The van der Waals surface area contributed by atoms with Crippen LogP contribution < -0.4 is 25.0 Å². The van der Waals surface area contributed by atoms with Crippen molar-refractivity contribution < 1.29 is 23.0 Å². The van der Waals surface area contributed by atoms with Crippen molar-refractivity contribution in [2.45, 2.75) is 39.0 Å². The number of methoxy groups -OCH3 is 1. The Morgan fingerprint density at radius 3 is 2.53 bits per heavy atom. The van der Waals surface area contributed by atoms with Gasteiger partial charge in [0, 0.05) is 44.4 Å². The van der Waals surface area contributed by atoms with Crippen molar-refractivity contribution in [1.29, 1.82) is 0 Å². The van der Waals surface area contributed by atoms with Gasteiger partial charge in [-0.3, -0.25) is 9.79 Å². The summed E-state index contributed by atoms with van der Waals surface area (Å²) >= 11 is 0. The maximum atomic E-state index is 12.7. The molecule has 0 atom stereocenters. The van der Waals surface area contributed by atoms with Crippen molar-refractivity contribution in [3.05, 3.63) is 53.6 Å². The average molecular weight is 446 g/mol. The van der Waals surface area contributed by atoms with Crippen LogP contribution in [-0.4, -0.2) is 39.2 Å². The maximum Gasteiger partial charge on any atom is 0.387 e. The van der Waals surface area contributed by atoms with Crippen LogP contribution in [0.1, 0.15) is 30.4 Å². The second-order valence-electron chi connectivity index (χ2n) is 7.30. The Morgan fingerprint density at radius 2 is 1.88 bits per heavy atom. The Balaban J connectivity index is 1.57. The minimum absolute atomic E-state index is 0.0756. The Bertz CT molecular complexity index is 935. The number of benzene rings is 2. The van der Waals surface area contributed by atoms with Crippen LogP contribution in [0.4, 0.5) is 14.5 Å². The van der Waals surface area contributed by atoms with Gasteiger partial charge in [-0.15, -0.1) is 0 Å².